The largest absolute Gasteiger partial charge is 0.507 e. The second-order valence-corrected chi connectivity index (χ2v) is 9.25. The van der Waals surface area contributed by atoms with E-state index in [1.807, 2.05) is 24.3 Å². The van der Waals surface area contributed by atoms with E-state index in [-0.39, 0.29) is 22.5 Å². The van der Waals surface area contributed by atoms with Gasteiger partial charge in [0.25, 0.3) is 0 Å². The van der Waals surface area contributed by atoms with E-state index in [1.165, 1.54) is 0 Å². The highest BCUT2D eigenvalue weighted by atomic mass is 16.4. The van der Waals surface area contributed by atoms with Crippen LogP contribution < -0.4 is 16.3 Å². The molecule has 1 aliphatic heterocycles. The number of benzene rings is 2. The predicted molar refractivity (Wildman–Crippen MR) is 113 cm³/mol. The molecule has 0 aliphatic carbocycles. The van der Waals surface area contributed by atoms with Gasteiger partial charge in [-0.2, -0.15) is 0 Å². The fraction of sp³-hybridized carbons (Fsp3) is 0.435. The van der Waals surface area contributed by atoms with Gasteiger partial charge in [-0.3, -0.25) is 0 Å². The van der Waals surface area contributed by atoms with E-state index < -0.39 is 0 Å². The third kappa shape index (κ3) is 3.52. The molecule has 0 spiro atoms. The number of nitrogens with one attached hydrogen (secondary N) is 2. The molecule has 1 saturated heterocycles. The van der Waals surface area contributed by atoms with E-state index in [9.17, 15) is 9.90 Å². The van der Waals surface area contributed by atoms with Crippen LogP contribution in [0.2, 0.25) is 0 Å². The summed E-state index contributed by atoms with van der Waals surface area (Å²) in [7, 11) is 0. The molecule has 1 aromatic heterocycles. The summed E-state index contributed by atoms with van der Waals surface area (Å²) in [5.74, 6) is 0.144. The summed E-state index contributed by atoms with van der Waals surface area (Å²) >= 11 is 0. The number of aromatic hydroxyl groups is 1. The standard InChI is InChI=1S/C23H28N2O3/c1-22(2)11-14(12-23(3,4)25-22)24-13-18-19(26)10-9-16-15-7-5-6-8-17(15)21(27)28-20(16)18/h5-10,14,24-26H,11-13H2,1-4H3. The molecular weight excluding hydrogens is 352 g/mol. The third-order valence-corrected chi connectivity index (χ3v) is 5.63. The van der Waals surface area contributed by atoms with E-state index in [1.54, 1.807) is 12.1 Å². The van der Waals surface area contributed by atoms with E-state index >= 15 is 0 Å². The Morgan fingerprint density at radius 3 is 2.36 bits per heavy atom. The first-order chi connectivity index (χ1) is 13.2. The van der Waals surface area contributed by atoms with Crippen LogP contribution in [0.25, 0.3) is 21.7 Å². The van der Waals surface area contributed by atoms with Gasteiger partial charge in [0, 0.05) is 29.1 Å². The van der Waals surface area contributed by atoms with Crippen LogP contribution in [0.5, 0.6) is 5.75 Å². The molecule has 148 valence electrons. The summed E-state index contributed by atoms with van der Waals surface area (Å²) in [6.07, 6.45) is 1.96. The lowest BCUT2D eigenvalue weighted by molar-refractivity contribution is 0.145. The Kier molecular flexibility index (Phi) is 4.47. The lowest BCUT2D eigenvalue weighted by Gasteiger charge is -2.46. The van der Waals surface area contributed by atoms with Crippen molar-refractivity contribution in [2.24, 2.45) is 0 Å². The first-order valence-electron chi connectivity index (χ1n) is 9.84. The van der Waals surface area contributed by atoms with Gasteiger partial charge >= 0.3 is 5.63 Å². The molecule has 0 atom stereocenters. The Balaban J connectivity index is 1.71. The van der Waals surface area contributed by atoms with Crippen molar-refractivity contribution in [3.05, 3.63) is 52.4 Å². The number of hydrogen-bond donors (Lipinski definition) is 3. The molecule has 3 N–H and O–H groups in total. The highest BCUT2D eigenvalue weighted by molar-refractivity contribution is 6.05. The number of fused-ring (bicyclic) bond motifs is 3. The molecule has 4 rings (SSSR count). The van der Waals surface area contributed by atoms with Gasteiger partial charge < -0.3 is 20.2 Å². The molecule has 5 nitrogen and oxygen atoms in total. The van der Waals surface area contributed by atoms with Crippen molar-refractivity contribution in [2.45, 2.75) is 64.2 Å². The van der Waals surface area contributed by atoms with E-state index in [0.717, 1.165) is 23.6 Å². The van der Waals surface area contributed by atoms with Crippen LogP contribution in [0, 0.1) is 0 Å². The lowest BCUT2D eigenvalue weighted by Crippen LogP contribution is -2.61. The lowest BCUT2D eigenvalue weighted by atomic mass is 9.79. The smallest absolute Gasteiger partial charge is 0.344 e. The minimum Gasteiger partial charge on any atom is -0.507 e. The first kappa shape index (κ1) is 19.0. The summed E-state index contributed by atoms with van der Waals surface area (Å²) in [6.45, 7) is 9.29. The van der Waals surface area contributed by atoms with Gasteiger partial charge in [-0.05, 0) is 64.1 Å². The molecule has 1 fully saturated rings. The van der Waals surface area contributed by atoms with Crippen LogP contribution in [0.1, 0.15) is 46.1 Å². The number of rotatable bonds is 3. The molecule has 1 aliphatic rings. The van der Waals surface area contributed by atoms with Crippen LogP contribution in [-0.2, 0) is 6.54 Å². The molecule has 5 heteroatoms. The Bertz CT molecular complexity index is 1080. The van der Waals surface area contributed by atoms with Gasteiger partial charge in [0.15, 0.2) is 0 Å². The van der Waals surface area contributed by atoms with Crippen LogP contribution >= 0.6 is 0 Å². The number of phenols is 1. The van der Waals surface area contributed by atoms with Gasteiger partial charge in [-0.25, -0.2) is 4.79 Å². The Morgan fingerprint density at radius 1 is 1.04 bits per heavy atom. The highest BCUT2D eigenvalue weighted by Gasteiger charge is 2.37. The Morgan fingerprint density at radius 2 is 1.68 bits per heavy atom. The fourth-order valence-corrected chi connectivity index (χ4v) is 4.87. The molecule has 28 heavy (non-hydrogen) atoms. The van der Waals surface area contributed by atoms with Crippen molar-refractivity contribution in [1.29, 1.82) is 0 Å². The summed E-state index contributed by atoms with van der Waals surface area (Å²) in [5, 5.41) is 20.0. The molecule has 0 radical (unpaired) electrons. The van der Waals surface area contributed by atoms with Crippen LogP contribution in [0.4, 0.5) is 0 Å². The predicted octanol–water partition coefficient (Wildman–Crippen LogP) is 4.05. The Hall–Kier alpha value is -2.37. The monoisotopic (exact) mass is 380 g/mol. The van der Waals surface area contributed by atoms with Crippen molar-refractivity contribution in [1.82, 2.24) is 10.6 Å². The molecule has 0 bridgehead atoms. The van der Waals surface area contributed by atoms with Gasteiger partial charge in [0.2, 0.25) is 0 Å². The second-order valence-electron chi connectivity index (χ2n) is 9.25. The average Bonchev–Trinajstić information content (AvgIpc) is 2.58. The molecule has 0 unspecified atom stereocenters. The minimum absolute atomic E-state index is 0.0307. The second kappa shape index (κ2) is 6.61. The Labute approximate surface area is 164 Å². The van der Waals surface area contributed by atoms with Gasteiger partial charge in [0.05, 0.1) is 10.9 Å². The minimum atomic E-state index is -0.376. The zero-order valence-corrected chi connectivity index (χ0v) is 16.9. The molecule has 3 aromatic rings. The zero-order valence-electron chi connectivity index (χ0n) is 16.9. The van der Waals surface area contributed by atoms with Crippen molar-refractivity contribution < 1.29 is 9.52 Å². The summed E-state index contributed by atoms with van der Waals surface area (Å²) < 4.78 is 5.64. The van der Waals surface area contributed by atoms with Crippen molar-refractivity contribution in [2.75, 3.05) is 0 Å². The molecular formula is C23H28N2O3. The van der Waals surface area contributed by atoms with E-state index in [4.69, 9.17) is 4.42 Å². The summed E-state index contributed by atoms with van der Waals surface area (Å²) in [4.78, 5) is 12.5. The molecule has 0 saturated carbocycles. The zero-order chi connectivity index (χ0) is 20.1. The maximum absolute atomic E-state index is 12.5. The van der Waals surface area contributed by atoms with Crippen molar-refractivity contribution in [3.8, 4) is 5.75 Å². The fourth-order valence-electron chi connectivity index (χ4n) is 4.87. The van der Waals surface area contributed by atoms with E-state index in [2.05, 4.69) is 38.3 Å². The quantitative estimate of drug-likeness (QED) is 0.472. The van der Waals surface area contributed by atoms with Crippen LogP contribution in [0.3, 0.4) is 0 Å². The first-order valence-corrected chi connectivity index (χ1v) is 9.84. The third-order valence-electron chi connectivity index (χ3n) is 5.63. The summed E-state index contributed by atoms with van der Waals surface area (Å²) in [5.41, 5.74) is 0.781. The maximum Gasteiger partial charge on any atom is 0.344 e. The number of piperidine rings is 1. The average molecular weight is 380 g/mol. The van der Waals surface area contributed by atoms with Crippen LogP contribution in [0.15, 0.2) is 45.6 Å². The normalized spacial score (nSPS) is 19.3. The SMILES string of the molecule is CC1(C)CC(NCc2c(O)ccc3c2oc(=O)c2ccccc23)CC(C)(C)N1. The van der Waals surface area contributed by atoms with Gasteiger partial charge in [-0.15, -0.1) is 0 Å². The molecule has 2 aromatic carbocycles. The highest BCUT2D eigenvalue weighted by Crippen LogP contribution is 2.32. The van der Waals surface area contributed by atoms with Gasteiger partial charge in [0.1, 0.15) is 11.3 Å². The molecule has 2 heterocycles. The van der Waals surface area contributed by atoms with Crippen molar-refractivity contribution in [3.63, 3.8) is 0 Å². The molecule has 0 amide bonds. The van der Waals surface area contributed by atoms with Crippen molar-refractivity contribution >= 4 is 21.7 Å². The number of hydrogen-bond acceptors (Lipinski definition) is 5. The maximum atomic E-state index is 12.5. The topological polar surface area (TPSA) is 74.5 Å². The number of phenolic OH excluding ortho intramolecular Hbond substituents is 1. The van der Waals surface area contributed by atoms with Crippen LogP contribution in [-0.4, -0.2) is 22.2 Å². The van der Waals surface area contributed by atoms with Gasteiger partial charge in [-0.1, -0.05) is 18.2 Å². The van der Waals surface area contributed by atoms with E-state index in [0.29, 0.717) is 29.1 Å². The summed E-state index contributed by atoms with van der Waals surface area (Å²) in [6, 6.07) is 11.2.